The predicted octanol–water partition coefficient (Wildman–Crippen LogP) is 2.90. The van der Waals surface area contributed by atoms with Gasteiger partial charge in [-0.1, -0.05) is 12.7 Å². The van der Waals surface area contributed by atoms with E-state index in [4.69, 9.17) is 0 Å². The number of nitrogens with zero attached hydrogens (tertiary/aromatic N) is 2. The second kappa shape index (κ2) is 4.21. The fourth-order valence-electron chi connectivity index (χ4n) is 2.02. The highest BCUT2D eigenvalue weighted by atomic mass is 19.1. The third-order valence-corrected chi connectivity index (χ3v) is 2.81. The fraction of sp³-hybridized carbons (Fsp3) is 0.357. The van der Waals surface area contributed by atoms with E-state index in [9.17, 15) is 9.50 Å². The summed E-state index contributed by atoms with van der Waals surface area (Å²) in [6.07, 6.45) is 1.49. The lowest BCUT2D eigenvalue weighted by Crippen LogP contribution is -2.26. The molecule has 4 heteroatoms. The number of rotatable bonds is 3. The molecular weight excluding hydrogens is 231 g/mol. The Morgan fingerprint density at radius 3 is 2.72 bits per heavy atom. The minimum Gasteiger partial charge on any atom is -0.389 e. The number of hydrogen-bond donors (Lipinski definition) is 1. The van der Waals surface area contributed by atoms with Gasteiger partial charge < -0.3 is 5.11 Å². The third-order valence-electron chi connectivity index (χ3n) is 2.81. The van der Waals surface area contributed by atoms with Gasteiger partial charge in [-0.3, -0.25) is 4.68 Å². The first-order chi connectivity index (χ1) is 8.31. The van der Waals surface area contributed by atoms with E-state index in [2.05, 4.69) is 11.7 Å². The Kier molecular flexibility index (Phi) is 2.99. The quantitative estimate of drug-likeness (QED) is 0.907. The van der Waals surface area contributed by atoms with Crippen LogP contribution in [0.1, 0.15) is 25.1 Å². The summed E-state index contributed by atoms with van der Waals surface area (Å²) in [5.41, 5.74) is 1.09. The van der Waals surface area contributed by atoms with Crippen LogP contribution < -0.4 is 0 Å². The van der Waals surface area contributed by atoms with Crippen molar-refractivity contribution in [3.8, 4) is 0 Å². The number of aromatic nitrogens is 2. The lowest BCUT2D eigenvalue weighted by molar-refractivity contribution is 0.0590. The minimum atomic E-state index is -0.890. The zero-order valence-corrected chi connectivity index (χ0v) is 10.9. The van der Waals surface area contributed by atoms with Crippen LogP contribution in [0.2, 0.25) is 0 Å². The van der Waals surface area contributed by atoms with Crippen molar-refractivity contribution in [3.63, 3.8) is 0 Å². The monoisotopic (exact) mass is 248 g/mol. The summed E-state index contributed by atoms with van der Waals surface area (Å²) >= 11 is 0. The molecule has 0 saturated carbocycles. The van der Waals surface area contributed by atoms with E-state index in [-0.39, 0.29) is 5.82 Å². The Morgan fingerprint density at radius 1 is 1.50 bits per heavy atom. The van der Waals surface area contributed by atoms with E-state index in [0.717, 1.165) is 11.1 Å². The molecule has 0 bridgehead atoms. The van der Waals surface area contributed by atoms with Gasteiger partial charge in [-0.05, 0) is 26.8 Å². The molecule has 0 spiro atoms. The molecule has 3 nitrogen and oxygen atoms in total. The van der Waals surface area contributed by atoms with Crippen molar-refractivity contribution in [3.05, 3.63) is 35.8 Å². The topological polar surface area (TPSA) is 38.0 Å². The summed E-state index contributed by atoms with van der Waals surface area (Å²) in [6, 6.07) is 3.18. The highest BCUT2D eigenvalue weighted by Gasteiger charge is 2.18. The smallest absolute Gasteiger partial charge is 0.132 e. The Morgan fingerprint density at radius 2 is 2.17 bits per heavy atom. The minimum absolute atomic E-state index is 0.324. The summed E-state index contributed by atoms with van der Waals surface area (Å²) in [5, 5.41) is 15.1. The first-order valence-electron chi connectivity index (χ1n) is 5.83. The zero-order valence-electron chi connectivity index (χ0n) is 10.9. The van der Waals surface area contributed by atoms with Gasteiger partial charge in [-0.25, -0.2) is 4.39 Å². The van der Waals surface area contributed by atoms with Crippen LogP contribution in [0.25, 0.3) is 17.0 Å². The third kappa shape index (κ3) is 2.29. The number of benzene rings is 1. The van der Waals surface area contributed by atoms with E-state index >= 15 is 0 Å². The second-order valence-corrected chi connectivity index (χ2v) is 5.15. The van der Waals surface area contributed by atoms with Gasteiger partial charge in [-0.2, -0.15) is 5.10 Å². The van der Waals surface area contributed by atoms with E-state index in [1.807, 2.05) is 6.92 Å². The molecule has 0 aliphatic carbocycles. The number of fused-ring (bicyclic) bond motifs is 1. The van der Waals surface area contributed by atoms with Crippen molar-refractivity contribution in [1.29, 1.82) is 0 Å². The van der Waals surface area contributed by atoms with E-state index in [1.165, 1.54) is 12.1 Å². The van der Waals surface area contributed by atoms with Crippen LogP contribution in [-0.2, 0) is 6.54 Å². The maximum atomic E-state index is 13.8. The van der Waals surface area contributed by atoms with Crippen LogP contribution in [0.5, 0.6) is 0 Å². The molecule has 1 aromatic carbocycles. The van der Waals surface area contributed by atoms with Crippen molar-refractivity contribution in [2.24, 2.45) is 0 Å². The molecule has 96 valence electrons. The molecule has 0 atom stereocenters. The maximum absolute atomic E-state index is 13.8. The first kappa shape index (κ1) is 12.8. The normalized spacial score (nSPS) is 12.1. The van der Waals surface area contributed by atoms with Crippen LogP contribution in [-0.4, -0.2) is 20.5 Å². The summed E-state index contributed by atoms with van der Waals surface area (Å²) in [6.45, 7) is 9.18. The van der Waals surface area contributed by atoms with Gasteiger partial charge in [0.25, 0.3) is 0 Å². The lowest BCUT2D eigenvalue weighted by Gasteiger charge is -2.17. The SMILES string of the molecule is C=Cc1cc2c(C)nn(CC(C)(C)O)c2cc1F. The molecule has 0 amide bonds. The molecule has 0 radical (unpaired) electrons. The summed E-state index contributed by atoms with van der Waals surface area (Å²) < 4.78 is 15.4. The average Bonchev–Trinajstić information content (AvgIpc) is 2.52. The van der Waals surface area contributed by atoms with E-state index in [0.29, 0.717) is 17.6 Å². The number of aliphatic hydroxyl groups is 1. The molecule has 0 aliphatic rings. The summed E-state index contributed by atoms with van der Waals surface area (Å²) in [7, 11) is 0. The Hall–Kier alpha value is -1.68. The molecule has 2 rings (SSSR count). The van der Waals surface area contributed by atoms with Crippen LogP contribution in [0.4, 0.5) is 4.39 Å². The largest absolute Gasteiger partial charge is 0.389 e. The van der Waals surface area contributed by atoms with E-state index < -0.39 is 5.60 Å². The molecule has 0 fully saturated rings. The highest BCUT2D eigenvalue weighted by molar-refractivity contribution is 5.84. The van der Waals surface area contributed by atoms with Gasteiger partial charge in [0.15, 0.2) is 0 Å². The van der Waals surface area contributed by atoms with Crippen LogP contribution in [0, 0.1) is 12.7 Å². The first-order valence-corrected chi connectivity index (χ1v) is 5.83. The Labute approximate surface area is 106 Å². The van der Waals surface area contributed by atoms with Crippen molar-refractivity contribution < 1.29 is 9.50 Å². The van der Waals surface area contributed by atoms with Crippen molar-refractivity contribution in [2.75, 3.05) is 0 Å². The highest BCUT2D eigenvalue weighted by Crippen LogP contribution is 2.24. The van der Waals surface area contributed by atoms with Crippen molar-refractivity contribution >= 4 is 17.0 Å². The van der Waals surface area contributed by atoms with Gasteiger partial charge in [0.1, 0.15) is 5.82 Å². The summed E-state index contributed by atoms with van der Waals surface area (Å²) in [5.74, 6) is -0.325. The summed E-state index contributed by atoms with van der Waals surface area (Å²) in [4.78, 5) is 0. The fourth-order valence-corrected chi connectivity index (χ4v) is 2.02. The van der Waals surface area contributed by atoms with Crippen LogP contribution >= 0.6 is 0 Å². The lowest BCUT2D eigenvalue weighted by atomic mass is 10.1. The predicted molar refractivity (Wildman–Crippen MR) is 70.8 cm³/mol. The number of aryl methyl sites for hydroxylation is 1. The van der Waals surface area contributed by atoms with E-state index in [1.54, 1.807) is 24.6 Å². The molecule has 1 heterocycles. The molecule has 0 saturated heterocycles. The zero-order chi connectivity index (χ0) is 13.5. The number of hydrogen-bond acceptors (Lipinski definition) is 2. The molecule has 2 aromatic rings. The van der Waals surface area contributed by atoms with Gasteiger partial charge >= 0.3 is 0 Å². The average molecular weight is 248 g/mol. The van der Waals surface area contributed by atoms with Crippen LogP contribution in [0.3, 0.4) is 0 Å². The van der Waals surface area contributed by atoms with Gasteiger partial charge in [0.05, 0.1) is 23.4 Å². The Balaban J connectivity index is 2.64. The standard InChI is InChI=1S/C14H17FN2O/c1-5-10-6-11-9(2)16-17(8-14(3,4)18)13(11)7-12(10)15/h5-7,18H,1,8H2,2-4H3. The second-order valence-electron chi connectivity index (χ2n) is 5.15. The molecule has 1 N–H and O–H groups in total. The molecule has 18 heavy (non-hydrogen) atoms. The number of halogens is 1. The van der Waals surface area contributed by atoms with Gasteiger partial charge in [0, 0.05) is 17.0 Å². The molecule has 1 aromatic heterocycles. The van der Waals surface area contributed by atoms with Gasteiger partial charge in [0.2, 0.25) is 0 Å². The molecular formula is C14H17FN2O. The van der Waals surface area contributed by atoms with Gasteiger partial charge in [-0.15, -0.1) is 0 Å². The molecule has 0 aliphatic heterocycles. The van der Waals surface area contributed by atoms with Crippen molar-refractivity contribution in [2.45, 2.75) is 32.9 Å². The van der Waals surface area contributed by atoms with Crippen LogP contribution in [0.15, 0.2) is 18.7 Å². The Bertz CT molecular complexity index is 608. The maximum Gasteiger partial charge on any atom is 0.132 e. The van der Waals surface area contributed by atoms with Crippen molar-refractivity contribution in [1.82, 2.24) is 9.78 Å². The molecule has 0 unspecified atom stereocenters.